The summed E-state index contributed by atoms with van der Waals surface area (Å²) in [6.07, 6.45) is 0. The Morgan fingerprint density at radius 2 is 1.76 bits per heavy atom. The molecule has 1 heterocycles. The maximum Gasteiger partial charge on any atom is 0.222 e. The standard InChI is InChI=1S/C15H12Cl2N4/c1-19-14-9-6-5-8(7-12(9)20-15(18)21-14)13-10(16)3-2-4-11(13)17/h2-7H,1H3,(H3,18,19,20,21). The van der Waals surface area contributed by atoms with Gasteiger partial charge in [-0.15, -0.1) is 0 Å². The summed E-state index contributed by atoms with van der Waals surface area (Å²) in [5.41, 5.74) is 8.14. The minimum Gasteiger partial charge on any atom is -0.372 e. The summed E-state index contributed by atoms with van der Waals surface area (Å²) < 4.78 is 0. The van der Waals surface area contributed by atoms with Gasteiger partial charge < -0.3 is 11.1 Å². The Labute approximate surface area is 131 Å². The minimum atomic E-state index is 0.217. The van der Waals surface area contributed by atoms with Crippen LogP contribution in [0.2, 0.25) is 10.0 Å². The molecule has 0 unspecified atom stereocenters. The van der Waals surface area contributed by atoms with Crippen molar-refractivity contribution in [3.63, 3.8) is 0 Å². The van der Waals surface area contributed by atoms with Crippen LogP contribution in [0.5, 0.6) is 0 Å². The fourth-order valence-corrected chi connectivity index (χ4v) is 2.88. The van der Waals surface area contributed by atoms with Gasteiger partial charge in [0.25, 0.3) is 0 Å². The Kier molecular flexibility index (Phi) is 3.57. The summed E-state index contributed by atoms with van der Waals surface area (Å²) in [7, 11) is 1.79. The number of nitrogens with two attached hydrogens (primary N) is 1. The molecule has 0 fully saturated rings. The molecular weight excluding hydrogens is 307 g/mol. The molecule has 21 heavy (non-hydrogen) atoms. The summed E-state index contributed by atoms with van der Waals surface area (Å²) in [4.78, 5) is 8.43. The summed E-state index contributed by atoms with van der Waals surface area (Å²) in [6.45, 7) is 0. The van der Waals surface area contributed by atoms with Crippen molar-refractivity contribution < 1.29 is 0 Å². The lowest BCUT2D eigenvalue weighted by Gasteiger charge is -2.10. The van der Waals surface area contributed by atoms with Crippen LogP contribution in [-0.4, -0.2) is 17.0 Å². The first-order chi connectivity index (χ1) is 10.1. The van der Waals surface area contributed by atoms with E-state index < -0.39 is 0 Å². The Bertz CT molecular complexity index is 813. The van der Waals surface area contributed by atoms with Crippen molar-refractivity contribution >= 4 is 45.9 Å². The Balaban J connectivity index is 2.27. The van der Waals surface area contributed by atoms with E-state index in [2.05, 4.69) is 15.3 Å². The number of hydrogen-bond donors (Lipinski definition) is 2. The number of halogens is 2. The van der Waals surface area contributed by atoms with Crippen LogP contribution in [0, 0.1) is 0 Å². The predicted octanol–water partition coefficient (Wildman–Crippen LogP) is 4.23. The zero-order valence-electron chi connectivity index (χ0n) is 11.2. The Hall–Kier alpha value is -2.04. The first-order valence-corrected chi connectivity index (χ1v) is 7.05. The summed E-state index contributed by atoms with van der Waals surface area (Å²) in [5, 5.41) is 5.09. The third-order valence-corrected chi connectivity index (χ3v) is 3.83. The normalized spacial score (nSPS) is 10.8. The van der Waals surface area contributed by atoms with E-state index in [0.29, 0.717) is 15.9 Å². The number of nitrogen functional groups attached to an aromatic ring is 1. The highest BCUT2D eigenvalue weighted by Crippen LogP contribution is 2.36. The van der Waals surface area contributed by atoms with Gasteiger partial charge in [-0.1, -0.05) is 35.3 Å². The van der Waals surface area contributed by atoms with Crippen LogP contribution < -0.4 is 11.1 Å². The van der Waals surface area contributed by atoms with Gasteiger partial charge in [-0.3, -0.25) is 0 Å². The van der Waals surface area contributed by atoms with Crippen molar-refractivity contribution in [2.24, 2.45) is 0 Å². The largest absolute Gasteiger partial charge is 0.372 e. The molecule has 0 saturated carbocycles. The van der Waals surface area contributed by atoms with Crippen LogP contribution >= 0.6 is 23.2 Å². The Morgan fingerprint density at radius 1 is 1.05 bits per heavy atom. The summed E-state index contributed by atoms with van der Waals surface area (Å²) in [5.74, 6) is 0.906. The molecular formula is C15H12Cl2N4. The van der Waals surface area contributed by atoms with Gasteiger partial charge in [0.2, 0.25) is 5.95 Å². The van der Waals surface area contributed by atoms with Crippen molar-refractivity contribution in [2.45, 2.75) is 0 Å². The first kappa shape index (κ1) is 13.9. The van der Waals surface area contributed by atoms with Gasteiger partial charge >= 0.3 is 0 Å². The van der Waals surface area contributed by atoms with Gasteiger partial charge in [-0.05, 0) is 29.8 Å². The van der Waals surface area contributed by atoms with E-state index in [9.17, 15) is 0 Å². The average molecular weight is 319 g/mol. The lowest BCUT2D eigenvalue weighted by atomic mass is 10.0. The molecule has 3 aromatic rings. The van der Waals surface area contributed by atoms with Crippen LogP contribution in [0.4, 0.5) is 11.8 Å². The van der Waals surface area contributed by atoms with Crippen molar-refractivity contribution in [3.05, 3.63) is 46.4 Å². The second kappa shape index (κ2) is 5.39. The van der Waals surface area contributed by atoms with E-state index in [1.54, 1.807) is 19.2 Å². The second-order valence-corrected chi connectivity index (χ2v) is 5.32. The quantitative estimate of drug-likeness (QED) is 0.742. The van der Waals surface area contributed by atoms with Crippen LogP contribution in [0.1, 0.15) is 0 Å². The van der Waals surface area contributed by atoms with Crippen LogP contribution in [-0.2, 0) is 0 Å². The number of rotatable bonds is 2. The maximum atomic E-state index is 6.25. The third kappa shape index (κ3) is 2.48. The van der Waals surface area contributed by atoms with E-state index in [-0.39, 0.29) is 5.95 Å². The van der Waals surface area contributed by atoms with Crippen molar-refractivity contribution in [3.8, 4) is 11.1 Å². The molecule has 6 heteroatoms. The smallest absolute Gasteiger partial charge is 0.222 e. The van der Waals surface area contributed by atoms with Gasteiger partial charge in [0.15, 0.2) is 0 Å². The fraction of sp³-hybridized carbons (Fsp3) is 0.0667. The molecule has 0 aliphatic carbocycles. The first-order valence-electron chi connectivity index (χ1n) is 6.29. The zero-order chi connectivity index (χ0) is 15.0. The molecule has 2 aromatic carbocycles. The number of nitrogens with one attached hydrogen (secondary N) is 1. The molecule has 0 atom stereocenters. The molecule has 0 bridgehead atoms. The Morgan fingerprint density at radius 3 is 2.43 bits per heavy atom. The minimum absolute atomic E-state index is 0.217. The molecule has 0 amide bonds. The van der Waals surface area contributed by atoms with Crippen LogP contribution in [0.25, 0.3) is 22.0 Å². The molecule has 106 valence electrons. The number of fused-ring (bicyclic) bond motifs is 1. The van der Waals surface area contributed by atoms with Crippen LogP contribution in [0.15, 0.2) is 36.4 Å². The molecule has 0 aliphatic rings. The van der Waals surface area contributed by atoms with Crippen molar-refractivity contribution in [1.82, 2.24) is 9.97 Å². The van der Waals surface area contributed by atoms with Crippen LogP contribution in [0.3, 0.4) is 0 Å². The fourth-order valence-electron chi connectivity index (χ4n) is 2.27. The highest BCUT2D eigenvalue weighted by atomic mass is 35.5. The topological polar surface area (TPSA) is 63.8 Å². The molecule has 3 rings (SSSR count). The van der Waals surface area contributed by atoms with Gasteiger partial charge in [0, 0.05) is 28.0 Å². The summed E-state index contributed by atoms with van der Waals surface area (Å²) in [6, 6.07) is 11.2. The number of aromatic nitrogens is 2. The molecule has 3 N–H and O–H groups in total. The number of anilines is 2. The van der Waals surface area contributed by atoms with Gasteiger partial charge in [-0.25, -0.2) is 4.98 Å². The molecule has 1 aromatic heterocycles. The average Bonchev–Trinajstić information content (AvgIpc) is 2.45. The number of nitrogens with zero attached hydrogens (tertiary/aromatic N) is 2. The van der Waals surface area contributed by atoms with E-state index in [1.807, 2.05) is 24.3 Å². The van der Waals surface area contributed by atoms with Gasteiger partial charge in [0.05, 0.1) is 5.52 Å². The lowest BCUT2D eigenvalue weighted by Crippen LogP contribution is -2.01. The van der Waals surface area contributed by atoms with E-state index in [0.717, 1.165) is 22.0 Å². The highest BCUT2D eigenvalue weighted by molar-refractivity contribution is 6.39. The van der Waals surface area contributed by atoms with Gasteiger partial charge in [-0.2, -0.15) is 4.98 Å². The van der Waals surface area contributed by atoms with Crippen molar-refractivity contribution in [2.75, 3.05) is 18.1 Å². The molecule has 0 spiro atoms. The molecule has 0 aliphatic heterocycles. The number of hydrogen-bond acceptors (Lipinski definition) is 4. The highest BCUT2D eigenvalue weighted by Gasteiger charge is 2.11. The zero-order valence-corrected chi connectivity index (χ0v) is 12.7. The second-order valence-electron chi connectivity index (χ2n) is 4.51. The number of benzene rings is 2. The monoisotopic (exact) mass is 318 g/mol. The van der Waals surface area contributed by atoms with E-state index in [1.165, 1.54) is 0 Å². The van der Waals surface area contributed by atoms with E-state index >= 15 is 0 Å². The lowest BCUT2D eigenvalue weighted by molar-refractivity contribution is 1.22. The predicted molar refractivity (Wildman–Crippen MR) is 89.0 cm³/mol. The van der Waals surface area contributed by atoms with Gasteiger partial charge in [0.1, 0.15) is 5.82 Å². The molecule has 4 nitrogen and oxygen atoms in total. The molecule has 0 saturated heterocycles. The molecule has 0 radical (unpaired) electrons. The third-order valence-electron chi connectivity index (χ3n) is 3.20. The SMILES string of the molecule is CNc1nc(N)nc2cc(-c3c(Cl)cccc3Cl)ccc12. The summed E-state index contributed by atoms with van der Waals surface area (Å²) >= 11 is 12.5. The van der Waals surface area contributed by atoms with E-state index in [4.69, 9.17) is 28.9 Å². The maximum absolute atomic E-state index is 6.25. The van der Waals surface area contributed by atoms with Crippen molar-refractivity contribution in [1.29, 1.82) is 0 Å².